The van der Waals surface area contributed by atoms with Crippen LogP contribution in [-0.2, 0) is 6.54 Å². The maximum Gasteiger partial charge on any atom is 0.314 e. The van der Waals surface area contributed by atoms with Crippen molar-refractivity contribution in [1.29, 1.82) is 0 Å². The van der Waals surface area contributed by atoms with E-state index in [2.05, 4.69) is 35.3 Å². The smallest absolute Gasteiger partial charge is 0.314 e. The fourth-order valence-electron chi connectivity index (χ4n) is 3.26. The van der Waals surface area contributed by atoms with Crippen molar-refractivity contribution in [2.45, 2.75) is 13.0 Å². The Bertz CT molecular complexity index is 772. The summed E-state index contributed by atoms with van der Waals surface area (Å²) in [7, 11) is 4.16. The molecule has 27 heavy (non-hydrogen) atoms. The Balaban J connectivity index is 1.69. The molecule has 0 saturated carbocycles. The molecule has 8 nitrogen and oxygen atoms in total. The molecule has 3 N–H and O–H groups in total. The standard InChI is InChI=1S/C19H29N7O/c1-24(2)9-5-8-21-18-15-6-3-4-7-16(15)22-17(23-18)14-25-10-12-26(13-11-25)19(20)27/h3-4,6-7H,5,8-14H2,1-2H3,(H2,20,27)(H,21,22,23). The van der Waals surface area contributed by atoms with E-state index in [0.717, 1.165) is 55.1 Å². The van der Waals surface area contributed by atoms with Gasteiger partial charge in [0.05, 0.1) is 12.1 Å². The van der Waals surface area contributed by atoms with Crippen LogP contribution in [0.5, 0.6) is 0 Å². The molecule has 2 heterocycles. The first-order valence-electron chi connectivity index (χ1n) is 9.44. The largest absolute Gasteiger partial charge is 0.369 e. The fourth-order valence-corrected chi connectivity index (χ4v) is 3.26. The van der Waals surface area contributed by atoms with Gasteiger partial charge in [-0.15, -0.1) is 0 Å². The van der Waals surface area contributed by atoms with E-state index in [-0.39, 0.29) is 6.03 Å². The van der Waals surface area contributed by atoms with Crippen LogP contribution in [0.15, 0.2) is 24.3 Å². The summed E-state index contributed by atoms with van der Waals surface area (Å²) >= 11 is 0. The highest BCUT2D eigenvalue weighted by atomic mass is 16.2. The zero-order valence-electron chi connectivity index (χ0n) is 16.2. The van der Waals surface area contributed by atoms with Gasteiger partial charge in [0.15, 0.2) is 0 Å². The quantitative estimate of drug-likeness (QED) is 0.711. The van der Waals surface area contributed by atoms with Crippen LogP contribution in [-0.4, -0.2) is 84.1 Å². The van der Waals surface area contributed by atoms with Crippen molar-refractivity contribution >= 4 is 22.8 Å². The van der Waals surface area contributed by atoms with Crippen LogP contribution >= 0.6 is 0 Å². The van der Waals surface area contributed by atoms with Crippen molar-refractivity contribution < 1.29 is 4.79 Å². The Morgan fingerprint density at radius 3 is 2.63 bits per heavy atom. The average Bonchev–Trinajstić information content (AvgIpc) is 2.65. The molecule has 1 aliphatic rings. The number of benzene rings is 1. The highest BCUT2D eigenvalue weighted by Gasteiger charge is 2.20. The second-order valence-corrected chi connectivity index (χ2v) is 7.19. The Hall–Kier alpha value is -2.45. The van der Waals surface area contributed by atoms with Crippen LogP contribution in [0.1, 0.15) is 12.2 Å². The maximum absolute atomic E-state index is 11.3. The lowest BCUT2D eigenvalue weighted by Crippen LogP contribution is -2.50. The number of nitrogens with one attached hydrogen (secondary N) is 1. The molecule has 0 aliphatic carbocycles. The lowest BCUT2D eigenvalue weighted by molar-refractivity contribution is 0.139. The number of carbonyl (C=O) groups is 1. The molecule has 1 saturated heterocycles. The molecule has 1 aromatic carbocycles. The highest BCUT2D eigenvalue weighted by molar-refractivity contribution is 5.88. The minimum atomic E-state index is -0.346. The van der Waals surface area contributed by atoms with E-state index in [1.807, 2.05) is 18.2 Å². The summed E-state index contributed by atoms with van der Waals surface area (Å²) in [5.41, 5.74) is 6.31. The van der Waals surface area contributed by atoms with Crippen molar-refractivity contribution in [3.8, 4) is 0 Å². The third-order valence-corrected chi connectivity index (χ3v) is 4.77. The van der Waals surface area contributed by atoms with Gasteiger partial charge in [-0.05, 0) is 39.2 Å². The first kappa shape index (κ1) is 19.3. The molecule has 146 valence electrons. The number of piperazine rings is 1. The Kier molecular flexibility index (Phi) is 6.41. The second kappa shape index (κ2) is 8.96. The molecule has 0 atom stereocenters. The molecular weight excluding hydrogens is 342 g/mol. The normalized spacial score (nSPS) is 15.4. The van der Waals surface area contributed by atoms with Crippen LogP contribution in [0.3, 0.4) is 0 Å². The van der Waals surface area contributed by atoms with Gasteiger partial charge in [0.1, 0.15) is 11.6 Å². The molecule has 3 rings (SSSR count). The van der Waals surface area contributed by atoms with E-state index in [1.165, 1.54) is 0 Å². The van der Waals surface area contributed by atoms with E-state index in [9.17, 15) is 4.79 Å². The monoisotopic (exact) mass is 371 g/mol. The first-order valence-corrected chi connectivity index (χ1v) is 9.44. The number of hydrogen-bond acceptors (Lipinski definition) is 6. The molecule has 0 radical (unpaired) electrons. The minimum absolute atomic E-state index is 0.346. The minimum Gasteiger partial charge on any atom is -0.369 e. The third kappa shape index (κ3) is 5.27. The highest BCUT2D eigenvalue weighted by Crippen LogP contribution is 2.21. The molecule has 1 fully saturated rings. The van der Waals surface area contributed by atoms with Crippen LogP contribution in [0, 0.1) is 0 Å². The van der Waals surface area contributed by atoms with Gasteiger partial charge in [0.25, 0.3) is 0 Å². The molecule has 2 amide bonds. The van der Waals surface area contributed by atoms with Crippen molar-refractivity contribution in [3.63, 3.8) is 0 Å². The predicted molar refractivity (Wildman–Crippen MR) is 108 cm³/mol. The lowest BCUT2D eigenvalue weighted by Gasteiger charge is -2.33. The van der Waals surface area contributed by atoms with Crippen LogP contribution in [0.2, 0.25) is 0 Å². The van der Waals surface area contributed by atoms with Crippen LogP contribution in [0.4, 0.5) is 10.6 Å². The summed E-state index contributed by atoms with van der Waals surface area (Å²) in [5.74, 6) is 1.70. The van der Waals surface area contributed by atoms with Crippen LogP contribution < -0.4 is 11.1 Å². The van der Waals surface area contributed by atoms with Gasteiger partial charge in [-0.1, -0.05) is 12.1 Å². The van der Waals surface area contributed by atoms with Gasteiger partial charge < -0.3 is 20.9 Å². The summed E-state index contributed by atoms with van der Waals surface area (Å²) < 4.78 is 0. The zero-order chi connectivity index (χ0) is 19.2. The molecule has 0 bridgehead atoms. The van der Waals surface area contributed by atoms with Crippen LogP contribution in [0.25, 0.3) is 10.9 Å². The lowest BCUT2D eigenvalue weighted by atomic mass is 10.2. The van der Waals surface area contributed by atoms with Gasteiger partial charge >= 0.3 is 6.03 Å². The molecule has 8 heteroatoms. The van der Waals surface area contributed by atoms with Crippen molar-refractivity contribution in [1.82, 2.24) is 24.7 Å². The number of hydrogen-bond donors (Lipinski definition) is 2. The number of primary amides is 1. The third-order valence-electron chi connectivity index (χ3n) is 4.77. The van der Waals surface area contributed by atoms with Gasteiger partial charge in [-0.2, -0.15) is 0 Å². The fraction of sp³-hybridized carbons (Fsp3) is 0.526. The summed E-state index contributed by atoms with van der Waals surface area (Å²) in [5, 5.41) is 4.52. The van der Waals surface area contributed by atoms with Gasteiger partial charge in [-0.25, -0.2) is 14.8 Å². The van der Waals surface area contributed by atoms with Crippen molar-refractivity contribution in [2.24, 2.45) is 5.73 Å². The molecule has 2 aromatic rings. The first-order chi connectivity index (χ1) is 13.0. The van der Waals surface area contributed by atoms with Gasteiger partial charge in [0.2, 0.25) is 0 Å². The van der Waals surface area contributed by atoms with Gasteiger partial charge in [0, 0.05) is 38.1 Å². The maximum atomic E-state index is 11.3. The van der Waals surface area contributed by atoms with Crippen molar-refractivity contribution in [2.75, 3.05) is 58.7 Å². The molecule has 0 unspecified atom stereocenters. The Labute approximate surface area is 160 Å². The van der Waals surface area contributed by atoms with E-state index in [4.69, 9.17) is 15.7 Å². The number of nitrogens with zero attached hydrogens (tertiary/aromatic N) is 5. The number of rotatable bonds is 7. The van der Waals surface area contributed by atoms with Gasteiger partial charge in [-0.3, -0.25) is 4.90 Å². The average molecular weight is 371 g/mol. The number of amides is 2. The van der Waals surface area contributed by atoms with Crippen molar-refractivity contribution in [3.05, 3.63) is 30.1 Å². The molecule has 0 spiro atoms. The summed E-state index contributed by atoms with van der Waals surface area (Å²) in [6.45, 7) is 5.44. The molecular formula is C19H29N7O. The van der Waals surface area contributed by atoms with E-state index in [1.54, 1.807) is 4.90 Å². The number of aromatic nitrogens is 2. The molecule has 1 aliphatic heterocycles. The summed E-state index contributed by atoms with van der Waals surface area (Å²) in [4.78, 5) is 26.9. The second-order valence-electron chi connectivity index (χ2n) is 7.19. The number of carbonyl (C=O) groups excluding carboxylic acids is 1. The predicted octanol–water partition coefficient (Wildman–Crippen LogP) is 1.19. The number of anilines is 1. The number of fused-ring (bicyclic) bond motifs is 1. The SMILES string of the molecule is CN(C)CCCNc1nc(CN2CCN(C(N)=O)CC2)nc2ccccc12. The molecule has 1 aromatic heterocycles. The Morgan fingerprint density at radius 2 is 1.93 bits per heavy atom. The van der Waals surface area contributed by atoms with E-state index in [0.29, 0.717) is 19.6 Å². The number of para-hydroxylation sites is 1. The van der Waals surface area contributed by atoms with E-state index < -0.39 is 0 Å². The number of nitrogens with two attached hydrogens (primary N) is 1. The summed E-state index contributed by atoms with van der Waals surface area (Å²) in [6.07, 6.45) is 1.05. The topological polar surface area (TPSA) is 90.6 Å². The van der Waals surface area contributed by atoms with E-state index >= 15 is 0 Å². The zero-order valence-corrected chi connectivity index (χ0v) is 16.2. The summed E-state index contributed by atoms with van der Waals surface area (Å²) in [6, 6.07) is 7.75. The Morgan fingerprint density at radius 1 is 1.19 bits per heavy atom. The number of urea groups is 1.